The van der Waals surface area contributed by atoms with Gasteiger partial charge in [-0.15, -0.1) is 0 Å². The van der Waals surface area contributed by atoms with Gasteiger partial charge in [-0.2, -0.15) is 0 Å². The van der Waals surface area contributed by atoms with Gasteiger partial charge in [0.25, 0.3) is 0 Å². The first kappa shape index (κ1) is 11.8. The molecule has 0 spiro atoms. The predicted molar refractivity (Wildman–Crippen MR) is 82.5 cm³/mol. The Kier molecular flexibility index (Phi) is 3.13. The van der Waals surface area contributed by atoms with E-state index in [0.29, 0.717) is 4.83 Å². The number of aryl methyl sites for hydroxylation is 1. The highest BCUT2D eigenvalue weighted by atomic mass is 79.9. The summed E-state index contributed by atoms with van der Waals surface area (Å²) in [6.07, 6.45) is 1.14. The van der Waals surface area contributed by atoms with Crippen LogP contribution in [0.15, 0.2) is 48.5 Å². The van der Waals surface area contributed by atoms with E-state index in [0.717, 1.165) is 13.0 Å². The molecule has 1 atom stereocenters. The number of aromatic nitrogens is 1. The predicted octanol–water partition coefficient (Wildman–Crippen LogP) is 4.97. The minimum Gasteiger partial charge on any atom is -0.340 e. The number of para-hydroxylation sites is 2. The summed E-state index contributed by atoms with van der Waals surface area (Å²) in [6, 6.07) is 17.3. The molecule has 1 nitrogen and oxygen atoms in total. The van der Waals surface area contributed by atoms with Gasteiger partial charge in [0.15, 0.2) is 0 Å². The van der Waals surface area contributed by atoms with E-state index in [1.54, 1.807) is 0 Å². The van der Waals surface area contributed by atoms with Crippen LogP contribution in [0.4, 0.5) is 0 Å². The summed E-state index contributed by atoms with van der Waals surface area (Å²) >= 11 is 3.63. The zero-order valence-electron chi connectivity index (χ0n) is 10.4. The van der Waals surface area contributed by atoms with Crippen LogP contribution in [-0.2, 0) is 6.54 Å². The van der Waals surface area contributed by atoms with Crippen molar-refractivity contribution >= 4 is 37.7 Å². The van der Waals surface area contributed by atoms with Crippen LogP contribution in [0.3, 0.4) is 0 Å². The Morgan fingerprint density at radius 2 is 1.44 bits per heavy atom. The van der Waals surface area contributed by atoms with Crippen LogP contribution >= 0.6 is 15.9 Å². The maximum atomic E-state index is 3.63. The van der Waals surface area contributed by atoms with Gasteiger partial charge in [-0.05, 0) is 18.6 Å². The fourth-order valence-corrected chi connectivity index (χ4v) is 2.76. The third-order valence-electron chi connectivity index (χ3n) is 3.43. The second kappa shape index (κ2) is 4.77. The molecule has 2 heteroatoms. The van der Waals surface area contributed by atoms with E-state index < -0.39 is 0 Å². The average Bonchev–Trinajstić information content (AvgIpc) is 2.71. The van der Waals surface area contributed by atoms with E-state index in [1.165, 1.54) is 21.8 Å². The van der Waals surface area contributed by atoms with E-state index in [4.69, 9.17) is 0 Å². The Balaban J connectivity index is 2.24. The molecule has 0 aliphatic rings. The van der Waals surface area contributed by atoms with Crippen molar-refractivity contribution in [3.63, 3.8) is 0 Å². The number of alkyl halides is 1. The first-order valence-electron chi connectivity index (χ1n) is 6.37. The minimum atomic E-state index is 0.553. The van der Waals surface area contributed by atoms with Gasteiger partial charge in [0.2, 0.25) is 0 Å². The Labute approximate surface area is 116 Å². The maximum absolute atomic E-state index is 3.63. The number of fused-ring (bicyclic) bond motifs is 3. The molecule has 1 aromatic heterocycles. The number of rotatable bonds is 3. The zero-order chi connectivity index (χ0) is 12.5. The Bertz CT molecular complexity index is 628. The number of hydrogen-bond acceptors (Lipinski definition) is 0. The highest BCUT2D eigenvalue weighted by Crippen LogP contribution is 2.29. The first-order chi connectivity index (χ1) is 8.77. The van der Waals surface area contributed by atoms with Gasteiger partial charge in [-0.1, -0.05) is 59.3 Å². The molecule has 0 bridgehead atoms. The van der Waals surface area contributed by atoms with Crippen molar-refractivity contribution in [2.75, 3.05) is 0 Å². The fraction of sp³-hybridized carbons (Fsp3) is 0.250. The van der Waals surface area contributed by atoms with Crippen LogP contribution in [0.1, 0.15) is 13.3 Å². The third-order valence-corrected chi connectivity index (χ3v) is 3.89. The number of hydrogen-bond donors (Lipinski definition) is 0. The largest absolute Gasteiger partial charge is 0.340 e. The summed E-state index contributed by atoms with van der Waals surface area (Å²) in [5.74, 6) is 0. The molecule has 3 aromatic rings. The average molecular weight is 302 g/mol. The molecular weight excluding hydrogens is 286 g/mol. The van der Waals surface area contributed by atoms with E-state index >= 15 is 0 Å². The van der Waals surface area contributed by atoms with Crippen LogP contribution in [0.2, 0.25) is 0 Å². The summed E-state index contributed by atoms with van der Waals surface area (Å²) in [5, 5.41) is 2.71. The first-order valence-corrected chi connectivity index (χ1v) is 7.29. The van der Waals surface area contributed by atoms with Gasteiger partial charge in [0.1, 0.15) is 0 Å². The van der Waals surface area contributed by atoms with Crippen molar-refractivity contribution in [1.29, 1.82) is 0 Å². The quantitative estimate of drug-likeness (QED) is 0.602. The van der Waals surface area contributed by atoms with E-state index in [-0.39, 0.29) is 0 Å². The molecular formula is C16H16BrN. The molecule has 0 amide bonds. The summed E-state index contributed by atoms with van der Waals surface area (Å²) in [6.45, 7) is 3.26. The normalized spacial score (nSPS) is 13.2. The molecule has 2 aromatic carbocycles. The van der Waals surface area contributed by atoms with E-state index in [1.807, 2.05) is 0 Å². The van der Waals surface area contributed by atoms with Gasteiger partial charge >= 0.3 is 0 Å². The highest BCUT2D eigenvalue weighted by Gasteiger charge is 2.09. The number of halogens is 1. The van der Waals surface area contributed by atoms with Crippen molar-refractivity contribution in [2.24, 2.45) is 0 Å². The molecule has 1 unspecified atom stereocenters. The molecule has 0 saturated carbocycles. The van der Waals surface area contributed by atoms with Gasteiger partial charge in [0.05, 0.1) is 0 Å². The standard InChI is InChI=1S/C16H16BrN/c1-12(17)10-11-18-15-8-4-2-6-13(15)14-7-3-5-9-16(14)18/h2-9,12H,10-11H2,1H3. The van der Waals surface area contributed by atoms with Crippen LogP contribution in [-0.4, -0.2) is 9.39 Å². The Morgan fingerprint density at radius 3 is 1.94 bits per heavy atom. The Hall–Kier alpha value is -1.28. The molecule has 0 aliphatic carbocycles. The molecule has 0 aliphatic heterocycles. The zero-order valence-corrected chi connectivity index (χ0v) is 12.0. The van der Waals surface area contributed by atoms with Crippen LogP contribution in [0, 0.1) is 0 Å². The molecule has 18 heavy (non-hydrogen) atoms. The molecule has 3 rings (SSSR count). The Morgan fingerprint density at radius 1 is 0.944 bits per heavy atom. The molecule has 0 saturated heterocycles. The lowest BCUT2D eigenvalue weighted by Gasteiger charge is -2.08. The second-order valence-corrected chi connectivity index (χ2v) is 6.32. The third kappa shape index (κ3) is 1.95. The summed E-state index contributed by atoms with van der Waals surface area (Å²) in [4.78, 5) is 0.553. The summed E-state index contributed by atoms with van der Waals surface area (Å²) in [5.41, 5.74) is 2.68. The lowest BCUT2D eigenvalue weighted by Crippen LogP contribution is -2.02. The van der Waals surface area contributed by atoms with Crippen molar-refractivity contribution in [1.82, 2.24) is 4.57 Å². The van der Waals surface area contributed by atoms with Gasteiger partial charge in [-0.3, -0.25) is 0 Å². The SMILES string of the molecule is CC(Br)CCn1c2ccccc2c2ccccc21. The molecule has 92 valence electrons. The summed E-state index contributed by atoms with van der Waals surface area (Å²) in [7, 11) is 0. The smallest absolute Gasteiger partial charge is 0.0491 e. The molecule has 0 radical (unpaired) electrons. The van der Waals surface area contributed by atoms with Gasteiger partial charge in [0, 0.05) is 33.2 Å². The van der Waals surface area contributed by atoms with Crippen LogP contribution in [0.5, 0.6) is 0 Å². The molecule has 0 N–H and O–H groups in total. The highest BCUT2D eigenvalue weighted by molar-refractivity contribution is 9.09. The van der Waals surface area contributed by atoms with Crippen molar-refractivity contribution in [3.05, 3.63) is 48.5 Å². The van der Waals surface area contributed by atoms with Crippen molar-refractivity contribution in [2.45, 2.75) is 24.7 Å². The van der Waals surface area contributed by atoms with E-state index in [2.05, 4.69) is 76.0 Å². The molecule has 0 fully saturated rings. The van der Waals surface area contributed by atoms with Crippen molar-refractivity contribution in [3.8, 4) is 0 Å². The minimum absolute atomic E-state index is 0.553. The van der Waals surface area contributed by atoms with Crippen LogP contribution in [0.25, 0.3) is 21.8 Å². The number of benzene rings is 2. The lowest BCUT2D eigenvalue weighted by molar-refractivity contribution is 0.680. The molecule has 1 heterocycles. The van der Waals surface area contributed by atoms with Crippen molar-refractivity contribution < 1.29 is 0 Å². The van der Waals surface area contributed by atoms with Gasteiger partial charge in [-0.25, -0.2) is 0 Å². The van der Waals surface area contributed by atoms with Gasteiger partial charge < -0.3 is 4.57 Å². The van der Waals surface area contributed by atoms with E-state index in [9.17, 15) is 0 Å². The monoisotopic (exact) mass is 301 g/mol. The lowest BCUT2D eigenvalue weighted by atomic mass is 10.2. The summed E-state index contributed by atoms with van der Waals surface area (Å²) < 4.78 is 2.43. The number of nitrogens with zero attached hydrogens (tertiary/aromatic N) is 1. The van der Waals surface area contributed by atoms with Crippen LogP contribution < -0.4 is 0 Å². The maximum Gasteiger partial charge on any atom is 0.0491 e. The fourth-order valence-electron chi connectivity index (χ4n) is 2.55. The topological polar surface area (TPSA) is 4.93 Å². The second-order valence-electron chi connectivity index (χ2n) is 4.76.